The van der Waals surface area contributed by atoms with Gasteiger partial charge >= 0.3 is 6.18 Å². The molecule has 194 valence electrons. The standard InChI is InChI=1S/C26H28F3N7O/c1-14(32-18-8-9-37-12-18)22-24-19(11-20(33-22)26(27,28)29)23(34-35-24)17-7-3-6-16(10-17)21(15-4-2-5-15)25-30-13-31-36-25/h3,6-7,10-11,13-15,18,21,32H,2,4-5,8-9,12H2,1H3,(H,34,35)(H,30,31,36). The predicted octanol–water partition coefficient (Wildman–Crippen LogP) is 5.13. The van der Waals surface area contributed by atoms with Gasteiger partial charge in [-0.05, 0) is 49.8 Å². The third kappa shape index (κ3) is 4.61. The molecule has 11 heteroatoms. The summed E-state index contributed by atoms with van der Waals surface area (Å²) in [6.07, 6.45) is 1.10. The fourth-order valence-corrected chi connectivity index (χ4v) is 5.49. The van der Waals surface area contributed by atoms with Crippen LogP contribution in [0.25, 0.3) is 22.2 Å². The summed E-state index contributed by atoms with van der Waals surface area (Å²) < 4.78 is 47.2. The van der Waals surface area contributed by atoms with Crippen LogP contribution in [0.2, 0.25) is 0 Å². The quantitative estimate of drug-likeness (QED) is 0.318. The van der Waals surface area contributed by atoms with Crippen molar-refractivity contribution in [3.63, 3.8) is 0 Å². The number of hydrogen-bond acceptors (Lipinski definition) is 6. The van der Waals surface area contributed by atoms with E-state index in [2.05, 4.69) is 35.7 Å². The van der Waals surface area contributed by atoms with Crippen LogP contribution >= 0.6 is 0 Å². The molecule has 3 aromatic heterocycles. The molecule has 3 N–H and O–H groups in total. The van der Waals surface area contributed by atoms with Gasteiger partial charge in [0.2, 0.25) is 0 Å². The first kappa shape index (κ1) is 24.1. The Kier molecular flexibility index (Phi) is 6.20. The summed E-state index contributed by atoms with van der Waals surface area (Å²) in [4.78, 5) is 8.44. The molecule has 1 saturated carbocycles. The van der Waals surface area contributed by atoms with E-state index in [-0.39, 0.29) is 12.0 Å². The van der Waals surface area contributed by atoms with Crippen LogP contribution in [0.1, 0.15) is 67.3 Å². The summed E-state index contributed by atoms with van der Waals surface area (Å²) in [6, 6.07) is 8.58. The largest absolute Gasteiger partial charge is 0.433 e. The van der Waals surface area contributed by atoms with E-state index >= 15 is 0 Å². The van der Waals surface area contributed by atoms with Gasteiger partial charge in [-0.25, -0.2) is 9.97 Å². The number of rotatable bonds is 7. The Morgan fingerprint density at radius 3 is 2.68 bits per heavy atom. The van der Waals surface area contributed by atoms with Crippen LogP contribution in [-0.2, 0) is 10.9 Å². The van der Waals surface area contributed by atoms with Gasteiger partial charge in [-0.1, -0.05) is 24.6 Å². The number of nitrogens with one attached hydrogen (secondary N) is 3. The Balaban J connectivity index is 1.43. The molecule has 2 fully saturated rings. The van der Waals surface area contributed by atoms with E-state index < -0.39 is 17.9 Å². The number of aromatic amines is 2. The van der Waals surface area contributed by atoms with Gasteiger partial charge in [-0.15, -0.1) is 0 Å². The second kappa shape index (κ2) is 9.53. The molecule has 4 aromatic rings. The molecule has 0 amide bonds. The van der Waals surface area contributed by atoms with E-state index in [1.807, 2.05) is 31.2 Å². The molecule has 3 unspecified atom stereocenters. The van der Waals surface area contributed by atoms with Crippen molar-refractivity contribution in [3.8, 4) is 11.3 Å². The van der Waals surface area contributed by atoms with E-state index in [0.717, 1.165) is 42.3 Å². The number of pyridine rings is 1. The van der Waals surface area contributed by atoms with Crippen molar-refractivity contribution >= 4 is 10.9 Å². The highest BCUT2D eigenvalue weighted by Gasteiger charge is 2.36. The second-order valence-electron chi connectivity index (χ2n) is 10.00. The Bertz CT molecular complexity index is 1370. The Hall–Kier alpha value is -3.31. The molecule has 37 heavy (non-hydrogen) atoms. The molecular formula is C26H28F3N7O. The number of ether oxygens (including phenoxy) is 1. The van der Waals surface area contributed by atoms with Gasteiger partial charge in [0.1, 0.15) is 23.5 Å². The van der Waals surface area contributed by atoms with Crippen molar-refractivity contribution in [1.82, 2.24) is 35.7 Å². The molecule has 1 aliphatic heterocycles. The maximum atomic E-state index is 13.9. The smallest absolute Gasteiger partial charge is 0.380 e. The molecule has 0 radical (unpaired) electrons. The number of hydrogen-bond donors (Lipinski definition) is 3. The van der Waals surface area contributed by atoms with Crippen LogP contribution in [0.5, 0.6) is 0 Å². The summed E-state index contributed by atoms with van der Waals surface area (Å²) in [5, 5.41) is 18.3. The lowest BCUT2D eigenvalue weighted by atomic mass is 9.72. The molecule has 0 bridgehead atoms. The third-order valence-corrected chi connectivity index (χ3v) is 7.57. The summed E-state index contributed by atoms with van der Waals surface area (Å²) in [6.45, 7) is 2.99. The van der Waals surface area contributed by atoms with E-state index in [4.69, 9.17) is 4.74 Å². The highest BCUT2D eigenvalue weighted by atomic mass is 19.4. The van der Waals surface area contributed by atoms with Crippen molar-refractivity contribution in [2.75, 3.05) is 13.2 Å². The molecule has 2 aliphatic rings. The highest BCUT2D eigenvalue weighted by Crippen LogP contribution is 2.43. The maximum absolute atomic E-state index is 13.9. The first-order valence-corrected chi connectivity index (χ1v) is 12.6. The first-order valence-electron chi connectivity index (χ1n) is 12.6. The van der Waals surface area contributed by atoms with E-state index in [1.54, 1.807) is 0 Å². The number of aromatic nitrogens is 6. The Morgan fingerprint density at radius 1 is 1.14 bits per heavy atom. The van der Waals surface area contributed by atoms with Crippen LogP contribution < -0.4 is 5.32 Å². The fraction of sp³-hybridized carbons (Fsp3) is 0.462. The first-order chi connectivity index (χ1) is 17.9. The molecule has 4 heterocycles. The molecular weight excluding hydrogens is 483 g/mol. The van der Waals surface area contributed by atoms with Crippen LogP contribution in [-0.4, -0.2) is 49.6 Å². The van der Waals surface area contributed by atoms with Crippen LogP contribution in [0.15, 0.2) is 36.7 Å². The monoisotopic (exact) mass is 511 g/mol. The van der Waals surface area contributed by atoms with Crippen molar-refractivity contribution < 1.29 is 17.9 Å². The molecule has 1 saturated heterocycles. The van der Waals surface area contributed by atoms with Gasteiger partial charge < -0.3 is 10.1 Å². The zero-order valence-electron chi connectivity index (χ0n) is 20.3. The Labute approximate surface area is 211 Å². The van der Waals surface area contributed by atoms with Gasteiger partial charge in [0.25, 0.3) is 0 Å². The summed E-state index contributed by atoms with van der Waals surface area (Å²) in [5.41, 5.74) is 2.10. The molecule has 1 aliphatic carbocycles. The molecule has 1 aromatic carbocycles. The average molecular weight is 512 g/mol. The zero-order chi connectivity index (χ0) is 25.6. The van der Waals surface area contributed by atoms with Gasteiger partial charge in [0.15, 0.2) is 0 Å². The van der Waals surface area contributed by atoms with Crippen molar-refractivity contribution in [1.29, 1.82) is 0 Å². The van der Waals surface area contributed by atoms with Gasteiger partial charge in [0, 0.05) is 35.6 Å². The number of H-pyrrole nitrogens is 2. The topological polar surface area (TPSA) is 104 Å². The summed E-state index contributed by atoms with van der Waals surface area (Å²) in [7, 11) is 0. The van der Waals surface area contributed by atoms with Crippen molar-refractivity contribution in [2.45, 2.75) is 56.8 Å². The predicted molar refractivity (Wildman–Crippen MR) is 131 cm³/mol. The molecule has 0 spiro atoms. The third-order valence-electron chi connectivity index (χ3n) is 7.57. The average Bonchev–Trinajstić information content (AvgIpc) is 3.62. The highest BCUT2D eigenvalue weighted by molar-refractivity contribution is 5.94. The van der Waals surface area contributed by atoms with Crippen LogP contribution in [0.3, 0.4) is 0 Å². The summed E-state index contributed by atoms with van der Waals surface area (Å²) in [5.74, 6) is 1.29. The van der Waals surface area contributed by atoms with E-state index in [9.17, 15) is 13.2 Å². The van der Waals surface area contributed by atoms with Crippen LogP contribution in [0.4, 0.5) is 13.2 Å². The fourth-order valence-electron chi connectivity index (χ4n) is 5.49. The zero-order valence-corrected chi connectivity index (χ0v) is 20.3. The lowest BCUT2D eigenvalue weighted by molar-refractivity contribution is -0.141. The van der Waals surface area contributed by atoms with Gasteiger partial charge in [-0.3, -0.25) is 10.2 Å². The minimum Gasteiger partial charge on any atom is -0.380 e. The number of benzene rings is 1. The lowest BCUT2D eigenvalue weighted by Crippen LogP contribution is -2.32. The van der Waals surface area contributed by atoms with Crippen molar-refractivity contribution in [3.05, 3.63) is 59.4 Å². The number of halogens is 3. The van der Waals surface area contributed by atoms with Gasteiger partial charge in [-0.2, -0.15) is 23.4 Å². The molecule has 3 atom stereocenters. The van der Waals surface area contributed by atoms with Crippen molar-refractivity contribution in [2.24, 2.45) is 5.92 Å². The maximum Gasteiger partial charge on any atom is 0.433 e. The molecule has 8 nitrogen and oxygen atoms in total. The number of nitrogens with zero attached hydrogens (tertiary/aromatic N) is 4. The van der Waals surface area contributed by atoms with E-state index in [0.29, 0.717) is 41.4 Å². The molecule has 6 rings (SSSR count). The normalized spacial score (nSPS) is 20.3. The number of fused-ring (bicyclic) bond motifs is 1. The summed E-state index contributed by atoms with van der Waals surface area (Å²) >= 11 is 0. The SMILES string of the molecule is CC(NC1CCOC1)c1nc(C(F)(F)F)cc2c(-c3cccc(C(c4ncn[nH]4)C4CCC4)c3)n[nH]c12. The minimum atomic E-state index is -4.59. The number of alkyl halides is 3. The minimum absolute atomic E-state index is 0.0437. The van der Waals surface area contributed by atoms with Gasteiger partial charge in [0.05, 0.1) is 17.8 Å². The van der Waals surface area contributed by atoms with Crippen LogP contribution in [0, 0.1) is 5.92 Å². The van der Waals surface area contributed by atoms with E-state index in [1.165, 1.54) is 12.7 Å². The Morgan fingerprint density at radius 2 is 2.00 bits per heavy atom. The lowest BCUT2D eigenvalue weighted by Gasteiger charge is -2.33. The second-order valence-corrected chi connectivity index (χ2v) is 10.00.